The lowest BCUT2D eigenvalue weighted by Crippen LogP contribution is -2.49. The fraction of sp³-hybridized carbons (Fsp3) is 0.400. The molecular formula is C25H28ClN3O3. The van der Waals surface area contributed by atoms with Gasteiger partial charge in [0.2, 0.25) is 11.7 Å². The molecule has 0 saturated carbocycles. The predicted molar refractivity (Wildman–Crippen MR) is 124 cm³/mol. The highest BCUT2D eigenvalue weighted by atomic mass is 35.5. The van der Waals surface area contributed by atoms with E-state index in [1.807, 2.05) is 36.4 Å². The van der Waals surface area contributed by atoms with Gasteiger partial charge in [-0.05, 0) is 41.5 Å². The Bertz CT molecular complexity index is 1050. The quantitative estimate of drug-likeness (QED) is 0.479. The first kappa shape index (κ1) is 22.5. The molecule has 4 rings (SSSR count). The van der Waals surface area contributed by atoms with Crippen LogP contribution >= 0.6 is 11.6 Å². The molecule has 6 nitrogen and oxygen atoms in total. The second kappa shape index (κ2) is 9.43. The number of hydrogen-bond acceptors (Lipinski definition) is 5. The Morgan fingerprint density at radius 3 is 2.50 bits per heavy atom. The van der Waals surface area contributed by atoms with Crippen LogP contribution in [0.15, 0.2) is 53.1 Å². The molecule has 1 aliphatic heterocycles. The van der Waals surface area contributed by atoms with E-state index in [-0.39, 0.29) is 11.3 Å². The van der Waals surface area contributed by atoms with Crippen LogP contribution in [0, 0.1) is 5.92 Å². The zero-order valence-corrected chi connectivity index (χ0v) is 19.2. The lowest BCUT2D eigenvalue weighted by atomic mass is 9.80. The fourth-order valence-corrected chi connectivity index (χ4v) is 4.20. The summed E-state index contributed by atoms with van der Waals surface area (Å²) in [5, 5.41) is 13.9. The van der Waals surface area contributed by atoms with Gasteiger partial charge < -0.3 is 9.63 Å². The van der Waals surface area contributed by atoms with Gasteiger partial charge in [0.1, 0.15) is 0 Å². The fourth-order valence-electron chi connectivity index (χ4n) is 4.07. The van der Waals surface area contributed by atoms with Crippen LogP contribution in [0.3, 0.4) is 0 Å². The highest BCUT2D eigenvalue weighted by Gasteiger charge is 2.32. The van der Waals surface area contributed by atoms with Crippen molar-refractivity contribution in [3.05, 3.63) is 70.6 Å². The minimum Gasteiger partial charge on any atom is -0.481 e. The molecule has 0 amide bonds. The Hall–Kier alpha value is -2.70. The first-order chi connectivity index (χ1) is 15.3. The Morgan fingerprint density at radius 2 is 1.84 bits per heavy atom. The van der Waals surface area contributed by atoms with E-state index in [4.69, 9.17) is 21.2 Å². The number of aromatic nitrogens is 2. The Morgan fingerprint density at radius 1 is 1.16 bits per heavy atom. The van der Waals surface area contributed by atoms with Crippen LogP contribution in [0.1, 0.15) is 43.7 Å². The van der Waals surface area contributed by atoms with Crippen molar-refractivity contribution in [3.8, 4) is 11.4 Å². The summed E-state index contributed by atoms with van der Waals surface area (Å²) in [5.41, 5.74) is 3.37. The molecule has 0 atom stereocenters. The Kier molecular flexibility index (Phi) is 6.63. The molecule has 1 fully saturated rings. The van der Waals surface area contributed by atoms with Crippen LogP contribution < -0.4 is 0 Å². The summed E-state index contributed by atoms with van der Waals surface area (Å²) in [4.78, 5) is 17.6. The smallest absolute Gasteiger partial charge is 0.309 e. The number of halogens is 1. The lowest BCUT2D eigenvalue weighted by Gasteiger charge is -2.36. The summed E-state index contributed by atoms with van der Waals surface area (Å²) in [7, 11) is 0. The van der Waals surface area contributed by atoms with Crippen molar-refractivity contribution in [1.82, 2.24) is 15.0 Å². The van der Waals surface area contributed by atoms with E-state index in [1.54, 1.807) is 0 Å². The Balaban J connectivity index is 1.28. The molecule has 2 heterocycles. The van der Waals surface area contributed by atoms with Gasteiger partial charge in [0.25, 0.3) is 0 Å². The number of aryl methyl sites for hydroxylation is 1. The monoisotopic (exact) mass is 453 g/mol. The molecule has 7 heteroatoms. The SMILES string of the molecule is CC(C)(CCCc1nc(-c2ccc(CN3CC(C(=O)O)C3)cc2)no1)c1ccc(Cl)cc1. The normalized spacial score (nSPS) is 15.0. The van der Waals surface area contributed by atoms with E-state index in [0.29, 0.717) is 24.8 Å². The highest BCUT2D eigenvalue weighted by Crippen LogP contribution is 2.30. The third kappa shape index (κ3) is 5.37. The number of carbonyl (C=O) groups is 1. The predicted octanol–water partition coefficient (Wildman–Crippen LogP) is 5.21. The van der Waals surface area contributed by atoms with Crippen LogP contribution in [0.25, 0.3) is 11.4 Å². The van der Waals surface area contributed by atoms with Crippen molar-refractivity contribution in [2.45, 2.75) is 45.1 Å². The van der Waals surface area contributed by atoms with Crippen molar-refractivity contribution in [1.29, 1.82) is 0 Å². The molecule has 1 N–H and O–H groups in total. The summed E-state index contributed by atoms with van der Waals surface area (Å²) < 4.78 is 5.47. The molecular weight excluding hydrogens is 426 g/mol. The number of carboxylic acids is 1. The average molecular weight is 454 g/mol. The van der Waals surface area contributed by atoms with Gasteiger partial charge in [0, 0.05) is 36.6 Å². The molecule has 0 bridgehead atoms. The van der Waals surface area contributed by atoms with Gasteiger partial charge in [-0.1, -0.05) is 67.0 Å². The number of likely N-dealkylation sites (tertiary alicyclic amines) is 1. The maximum Gasteiger partial charge on any atom is 0.309 e. The van der Waals surface area contributed by atoms with Gasteiger partial charge in [-0.25, -0.2) is 0 Å². The molecule has 2 aromatic carbocycles. The summed E-state index contributed by atoms with van der Waals surface area (Å²) in [5.74, 6) is 0.302. The minimum atomic E-state index is -0.710. The second-order valence-corrected chi connectivity index (χ2v) is 9.62. The maximum absolute atomic E-state index is 10.9. The second-order valence-electron chi connectivity index (χ2n) is 9.18. The molecule has 0 aliphatic carbocycles. The van der Waals surface area contributed by atoms with Crippen molar-refractivity contribution in [2.24, 2.45) is 5.92 Å². The highest BCUT2D eigenvalue weighted by molar-refractivity contribution is 6.30. The summed E-state index contributed by atoms with van der Waals surface area (Å²) >= 11 is 6.01. The van der Waals surface area contributed by atoms with Crippen molar-refractivity contribution < 1.29 is 14.4 Å². The van der Waals surface area contributed by atoms with E-state index in [2.05, 4.69) is 41.0 Å². The van der Waals surface area contributed by atoms with E-state index >= 15 is 0 Å². The first-order valence-corrected chi connectivity index (χ1v) is 11.3. The third-order valence-corrected chi connectivity index (χ3v) is 6.46. The molecule has 32 heavy (non-hydrogen) atoms. The molecule has 1 saturated heterocycles. The molecule has 0 unspecified atom stereocenters. The largest absolute Gasteiger partial charge is 0.481 e. The minimum absolute atomic E-state index is 0.0458. The number of rotatable bonds is 9. The number of hydrogen-bond donors (Lipinski definition) is 1. The van der Waals surface area contributed by atoms with Crippen LogP contribution in [-0.4, -0.2) is 39.2 Å². The topological polar surface area (TPSA) is 79.5 Å². The Labute approximate surface area is 193 Å². The molecule has 1 aromatic heterocycles. The molecule has 0 radical (unpaired) electrons. The maximum atomic E-state index is 10.9. The average Bonchev–Trinajstić information content (AvgIpc) is 3.19. The van der Waals surface area contributed by atoms with Crippen molar-refractivity contribution >= 4 is 17.6 Å². The lowest BCUT2D eigenvalue weighted by molar-refractivity contribution is -0.147. The first-order valence-electron chi connectivity index (χ1n) is 10.9. The van der Waals surface area contributed by atoms with Crippen molar-refractivity contribution in [2.75, 3.05) is 13.1 Å². The summed E-state index contributed by atoms with van der Waals surface area (Å²) in [6.07, 6.45) is 2.69. The number of nitrogens with zero attached hydrogens (tertiary/aromatic N) is 3. The van der Waals surface area contributed by atoms with Gasteiger partial charge in [0.05, 0.1) is 5.92 Å². The van der Waals surface area contributed by atoms with Gasteiger partial charge in [-0.15, -0.1) is 0 Å². The number of aliphatic carboxylic acids is 1. The van der Waals surface area contributed by atoms with E-state index in [9.17, 15) is 4.79 Å². The van der Waals surface area contributed by atoms with E-state index in [0.717, 1.165) is 42.0 Å². The van der Waals surface area contributed by atoms with E-state index in [1.165, 1.54) is 5.56 Å². The third-order valence-electron chi connectivity index (χ3n) is 6.21. The van der Waals surface area contributed by atoms with Crippen LogP contribution in [0.2, 0.25) is 5.02 Å². The zero-order chi connectivity index (χ0) is 22.7. The summed E-state index contributed by atoms with van der Waals surface area (Å²) in [6.45, 7) is 6.45. The van der Waals surface area contributed by atoms with Crippen LogP contribution in [0.5, 0.6) is 0 Å². The van der Waals surface area contributed by atoms with Gasteiger partial charge >= 0.3 is 5.97 Å². The van der Waals surface area contributed by atoms with Crippen LogP contribution in [0.4, 0.5) is 0 Å². The van der Waals surface area contributed by atoms with Gasteiger partial charge in [-0.3, -0.25) is 9.69 Å². The van der Waals surface area contributed by atoms with Crippen LogP contribution in [-0.2, 0) is 23.2 Å². The molecule has 1 aliphatic rings. The standard InChI is InChI=1S/C25H28ClN3O3/c1-25(2,20-9-11-21(26)12-10-20)13-3-4-22-27-23(28-32-22)18-7-5-17(6-8-18)14-29-15-19(16-29)24(30)31/h5-12,19H,3-4,13-16H2,1-2H3,(H,30,31). The number of carboxylic acid groups (broad SMARTS) is 1. The molecule has 0 spiro atoms. The van der Waals surface area contributed by atoms with Crippen molar-refractivity contribution in [3.63, 3.8) is 0 Å². The molecule has 3 aromatic rings. The summed E-state index contributed by atoms with van der Waals surface area (Å²) in [6, 6.07) is 16.1. The van der Waals surface area contributed by atoms with Gasteiger partial charge in [-0.2, -0.15) is 4.98 Å². The number of benzene rings is 2. The van der Waals surface area contributed by atoms with Gasteiger partial charge in [0.15, 0.2) is 0 Å². The zero-order valence-electron chi connectivity index (χ0n) is 18.4. The van der Waals surface area contributed by atoms with E-state index < -0.39 is 5.97 Å². The molecule has 168 valence electrons.